The zero-order chi connectivity index (χ0) is 36.4. The molecule has 4 nitrogen and oxygen atoms in total. The summed E-state index contributed by atoms with van der Waals surface area (Å²) in [6.07, 6.45) is 4.75. The first-order chi connectivity index (χ1) is 23.7. The largest absolute Gasteiger partial charge is 0.512 e. The van der Waals surface area contributed by atoms with Crippen molar-refractivity contribution in [3.05, 3.63) is 101 Å². The topological polar surface area (TPSA) is 63.3 Å². The van der Waals surface area contributed by atoms with E-state index in [4.69, 9.17) is 9.40 Å². The summed E-state index contributed by atoms with van der Waals surface area (Å²) < 4.78 is 6.12. The quantitative estimate of drug-likeness (QED) is 0.0893. The molecule has 0 aliphatic heterocycles. The van der Waals surface area contributed by atoms with Crippen LogP contribution in [0.1, 0.15) is 99.3 Å². The maximum Gasteiger partial charge on any atom is 0.164 e. The minimum absolute atomic E-state index is 0. The molecule has 0 spiro atoms. The number of aliphatic hydroxyl groups excluding tert-OH is 1. The van der Waals surface area contributed by atoms with Crippen LogP contribution in [0.15, 0.2) is 88.4 Å². The molecule has 6 heteroatoms. The Morgan fingerprint density at radius 1 is 0.843 bits per heavy atom. The van der Waals surface area contributed by atoms with Gasteiger partial charge in [0.15, 0.2) is 5.78 Å². The molecule has 6 aromatic rings. The predicted octanol–water partition coefficient (Wildman–Crippen LogP) is 13.6. The Hall–Kier alpha value is -3.57. The van der Waals surface area contributed by atoms with Gasteiger partial charge in [-0.2, -0.15) is 0 Å². The van der Waals surface area contributed by atoms with Crippen molar-refractivity contribution in [2.75, 3.05) is 0 Å². The van der Waals surface area contributed by atoms with Crippen molar-refractivity contribution >= 4 is 49.1 Å². The third kappa shape index (κ3) is 8.09. The standard InChI is InChI=1S/C30H24NOS.C15H28O2.Ir/c1-18-28(23-11-7-8-12-27(23)32-18)24-17-26(31-29-22(24)13-14-33-29)20-15-19-9-5-6-10-21(19)25(16-20)30(2,3)4;1-7-14(5,8-2)12(16)11-13(17)15(6,9-3)10-4;/h5-14,16-17H,1-4H3;11,16H,7-10H2,1-6H3;/q-1;;/b;12-11-;. The molecule has 6 rings (SSSR count). The number of aromatic nitrogens is 1. The SMILES string of the molecule is CCC(C)(CC)C(=O)/C=C(\O)C(C)(CC)CC.Cc1oc2ccccc2c1-c1cc(-c2[c-]c3ccccc3c(C(C)(C)C)c2)nc2sccc12.[Ir]. The van der Waals surface area contributed by atoms with Crippen molar-refractivity contribution in [2.24, 2.45) is 10.8 Å². The molecule has 1 N–H and O–H groups in total. The molecule has 0 atom stereocenters. The summed E-state index contributed by atoms with van der Waals surface area (Å²) in [5.74, 6) is 1.22. The van der Waals surface area contributed by atoms with E-state index >= 15 is 0 Å². The number of aliphatic hydroxyl groups is 1. The second kappa shape index (κ2) is 16.0. The Morgan fingerprint density at radius 3 is 2.08 bits per heavy atom. The number of carbonyl (C=O) groups excluding carboxylic acids is 1. The smallest absolute Gasteiger partial charge is 0.164 e. The second-order valence-electron chi connectivity index (χ2n) is 15.0. The third-order valence-electron chi connectivity index (χ3n) is 10.9. The number of allylic oxidation sites excluding steroid dienone is 2. The monoisotopic (exact) mass is 879 g/mol. The number of rotatable bonds is 9. The van der Waals surface area contributed by atoms with Gasteiger partial charge in [0, 0.05) is 59.0 Å². The number of thiophene rings is 1. The number of furan rings is 1. The molecule has 0 aliphatic carbocycles. The maximum atomic E-state index is 12.2. The summed E-state index contributed by atoms with van der Waals surface area (Å²) >= 11 is 1.68. The number of hydrogen-bond acceptors (Lipinski definition) is 5. The number of carbonyl (C=O) groups is 1. The zero-order valence-electron chi connectivity index (χ0n) is 31.8. The molecule has 0 fully saturated rings. The van der Waals surface area contributed by atoms with Gasteiger partial charge in [0.2, 0.25) is 0 Å². The number of fused-ring (bicyclic) bond motifs is 3. The maximum absolute atomic E-state index is 12.2. The summed E-state index contributed by atoms with van der Waals surface area (Å²) in [6, 6.07) is 27.1. The van der Waals surface area contributed by atoms with Crippen molar-refractivity contribution in [1.82, 2.24) is 4.98 Å². The molecular weight excluding hydrogens is 827 g/mol. The fourth-order valence-corrected chi connectivity index (χ4v) is 7.26. The fourth-order valence-electron chi connectivity index (χ4n) is 6.47. The van der Waals surface area contributed by atoms with Crippen LogP contribution in [0.2, 0.25) is 0 Å². The van der Waals surface area contributed by atoms with Crippen LogP contribution in [0, 0.1) is 23.8 Å². The normalized spacial score (nSPS) is 12.5. The molecule has 0 unspecified atom stereocenters. The van der Waals surface area contributed by atoms with Gasteiger partial charge < -0.3 is 9.52 Å². The van der Waals surface area contributed by atoms with Gasteiger partial charge in [0.25, 0.3) is 0 Å². The van der Waals surface area contributed by atoms with Crippen molar-refractivity contribution in [3.63, 3.8) is 0 Å². The number of benzene rings is 3. The van der Waals surface area contributed by atoms with E-state index in [1.165, 1.54) is 17.0 Å². The van der Waals surface area contributed by atoms with E-state index in [-0.39, 0.29) is 47.9 Å². The fraction of sp³-hybridized carbons (Fsp3) is 0.378. The van der Waals surface area contributed by atoms with Crippen LogP contribution >= 0.6 is 11.3 Å². The summed E-state index contributed by atoms with van der Waals surface area (Å²) in [5.41, 5.74) is 5.92. The Morgan fingerprint density at radius 2 is 1.45 bits per heavy atom. The molecule has 51 heavy (non-hydrogen) atoms. The molecule has 1 radical (unpaired) electrons. The van der Waals surface area contributed by atoms with Gasteiger partial charge in [-0.3, -0.25) is 9.78 Å². The van der Waals surface area contributed by atoms with E-state index < -0.39 is 0 Å². The average Bonchev–Trinajstić information content (AvgIpc) is 3.73. The van der Waals surface area contributed by atoms with Gasteiger partial charge in [0.05, 0.1) is 0 Å². The zero-order valence-corrected chi connectivity index (χ0v) is 35.0. The van der Waals surface area contributed by atoms with E-state index in [9.17, 15) is 9.90 Å². The van der Waals surface area contributed by atoms with Crippen LogP contribution in [-0.4, -0.2) is 15.9 Å². The van der Waals surface area contributed by atoms with Gasteiger partial charge >= 0.3 is 0 Å². The van der Waals surface area contributed by atoms with E-state index in [0.29, 0.717) is 0 Å². The van der Waals surface area contributed by atoms with Crippen LogP contribution in [-0.2, 0) is 30.3 Å². The molecule has 3 heterocycles. The summed E-state index contributed by atoms with van der Waals surface area (Å²) in [6.45, 7) is 20.9. The minimum Gasteiger partial charge on any atom is -0.512 e. The molecule has 0 saturated carbocycles. The number of hydrogen-bond donors (Lipinski definition) is 1. The van der Waals surface area contributed by atoms with Crippen molar-refractivity contribution in [1.29, 1.82) is 0 Å². The predicted molar refractivity (Wildman–Crippen MR) is 213 cm³/mol. The number of ketones is 1. The molecule has 0 amide bonds. The van der Waals surface area contributed by atoms with E-state index in [1.807, 2.05) is 60.6 Å². The Labute approximate surface area is 321 Å². The van der Waals surface area contributed by atoms with Crippen LogP contribution in [0.4, 0.5) is 0 Å². The van der Waals surface area contributed by atoms with E-state index in [2.05, 4.69) is 86.8 Å². The molecule has 0 saturated heterocycles. The second-order valence-corrected chi connectivity index (χ2v) is 15.9. The molecule has 0 aliphatic rings. The summed E-state index contributed by atoms with van der Waals surface area (Å²) in [7, 11) is 0. The number of para-hydroxylation sites is 1. The number of aryl methyl sites for hydroxylation is 1. The minimum atomic E-state index is -0.337. The Bertz CT molecular complexity index is 2170. The van der Waals surface area contributed by atoms with Crippen LogP contribution < -0.4 is 0 Å². The molecular formula is C45H52IrNO3S-. The van der Waals surface area contributed by atoms with Crippen molar-refractivity contribution < 1.29 is 34.4 Å². The Balaban J connectivity index is 0.000000279. The first kappa shape index (κ1) is 40.2. The Kier molecular flexibility index (Phi) is 12.6. The third-order valence-corrected chi connectivity index (χ3v) is 11.7. The average molecular weight is 879 g/mol. The summed E-state index contributed by atoms with van der Waals surface area (Å²) in [4.78, 5) is 18.3. The van der Waals surface area contributed by atoms with Crippen LogP contribution in [0.3, 0.4) is 0 Å². The van der Waals surface area contributed by atoms with Crippen LogP contribution in [0.25, 0.3) is 54.3 Å². The molecule has 3 aromatic heterocycles. The number of nitrogens with zero attached hydrogens (tertiary/aromatic N) is 1. The van der Waals surface area contributed by atoms with Crippen LogP contribution in [0.5, 0.6) is 0 Å². The van der Waals surface area contributed by atoms with Gasteiger partial charge in [-0.05, 0) is 61.1 Å². The van der Waals surface area contributed by atoms with Gasteiger partial charge in [0.1, 0.15) is 21.9 Å². The van der Waals surface area contributed by atoms with E-state index in [1.54, 1.807) is 11.3 Å². The summed E-state index contributed by atoms with van der Waals surface area (Å²) in [5, 5.41) is 16.9. The van der Waals surface area contributed by atoms with Gasteiger partial charge in [-0.25, -0.2) is 0 Å². The molecule has 0 bridgehead atoms. The first-order valence-corrected chi connectivity index (χ1v) is 18.9. The molecule has 271 valence electrons. The van der Waals surface area contributed by atoms with Crippen molar-refractivity contribution in [2.45, 2.75) is 100 Å². The van der Waals surface area contributed by atoms with Crippen molar-refractivity contribution in [3.8, 4) is 22.4 Å². The number of pyridine rings is 1. The van der Waals surface area contributed by atoms with Gasteiger partial charge in [-0.1, -0.05) is 116 Å². The molecule has 3 aromatic carbocycles. The first-order valence-electron chi connectivity index (χ1n) is 18.0. The van der Waals surface area contributed by atoms with Gasteiger partial charge in [-0.15, -0.1) is 40.5 Å². The van der Waals surface area contributed by atoms with E-state index in [0.717, 1.165) is 80.4 Å².